The molecule has 0 fully saturated rings. The Morgan fingerprint density at radius 3 is 3.06 bits per heavy atom. The highest BCUT2D eigenvalue weighted by Crippen LogP contribution is 2.30. The molecule has 0 aliphatic heterocycles. The summed E-state index contributed by atoms with van der Waals surface area (Å²) in [5, 5.41) is 5.76. The van der Waals surface area contributed by atoms with Crippen LogP contribution in [0.1, 0.15) is 30.7 Å². The molecular weight excluding hydrogens is 334 g/mol. The van der Waals surface area contributed by atoms with E-state index in [9.17, 15) is 0 Å². The average molecular weight is 347 g/mol. The van der Waals surface area contributed by atoms with Gasteiger partial charge in [0.05, 0.1) is 10.5 Å². The fourth-order valence-electron chi connectivity index (χ4n) is 1.68. The molecule has 0 saturated carbocycles. The Morgan fingerprint density at radius 2 is 2.39 bits per heavy atom. The van der Waals surface area contributed by atoms with Gasteiger partial charge < -0.3 is 5.32 Å². The lowest BCUT2D eigenvalue weighted by Crippen LogP contribution is -2.11. The second-order valence-corrected chi connectivity index (χ2v) is 6.01. The molecule has 1 N–H and O–H groups in total. The molecule has 1 atom stereocenters. The zero-order valence-electron chi connectivity index (χ0n) is 9.86. The number of hydrogen-bond acceptors (Lipinski definition) is 4. The van der Waals surface area contributed by atoms with E-state index in [-0.39, 0.29) is 11.3 Å². The van der Waals surface area contributed by atoms with E-state index in [1.54, 1.807) is 17.5 Å². The predicted octanol–water partition coefficient (Wildman–Crippen LogP) is 4.91. The Kier molecular flexibility index (Phi) is 4.97. The maximum Gasteiger partial charge on any atom is 0.224 e. The normalized spacial score (nSPS) is 12.4. The van der Waals surface area contributed by atoms with Gasteiger partial charge in [-0.15, -0.1) is 11.3 Å². The largest absolute Gasteiger partial charge is 0.361 e. The molecule has 6 heteroatoms. The molecule has 0 radical (unpaired) electrons. The lowest BCUT2D eigenvalue weighted by molar-refractivity contribution is 0.683. The van der Waals surface area contributed by atoms with E-state index in [0.717, 1.165) is 23.1 Å². The van der Waals surface area contributed by atoms with Crippen molar-refractivity contribution in [2.45, 2.75) is 25.8 Å². The van der Waals surface area contributed by atoms with E-state index < -0.39 is 0 Å². The monoisotopic (exact) mass is 345 g/mol. The van der Waals surface area contributed by atoms with Crippen molar-refractivity contribution in [3.8, 4) is 0 Å². The van der Waals surface area contributed by atoms with Crippen molar-refractivity contribution < 1.29 is 0 Å². The van der Waals surface area contributed by atoms with Gasteiger partial charge in [-0.25, -0.2) is 4.98 Å². The first-order valence-corrected chi connectivity index (χ1v) is 7.73. The van der Waals surface area contributed by atoms with Gasteiger partial charge in [0, 0.05) is 11.1 Å². The van der Waals surface area contributed by atoms with Crippen molar-refractivity contribution in [3.63, 3.8) is 0 Å². The van der Waals surface area contributed by atoms with Crippen LogP contribution in [-0.2, 0) is 0 Å². The summed E-state index contributed by atoms with van der Waals surface area (Å²) < 4.78 is 0.824. The van der Waals surface area contributed by atoms with Crippen molar-refractivity contribution in [2.75, 3.05) is 5.32 Å². The molecule has 0 aliphatic carbocycles. The SMILES string of the molecule is CCCC(Nc1nc(Cl)ncc1Br)c1cccs1. The minimum atomic E-state index is 0.252. The highest BCUT2D eigenvalue weighted by Gasteiger charge is 2.14. The molecular formula is C12H13BrClN3S. The van der Waals surface area contributed by atoms with E-state index in [1.807, 2.05) is 0 Å². The molecule has 96 valence electrons. The number of thiophene rings is 1. The lowest BCUT2D eigenvalue weighted by Gasteiger charge is -2.18. The molecule has 0 aliphatic rings. The third kappa shape index (κ3) is 3.43. The van der Waals surface area contributed by atoms with Crippen molar-refractivity contribution >= 4 is 44.7 Å². The first-order chi connectivity index (χ1) is 8.70. The summed E-state index contributed by atoms with van der Waals surface area (Å²) in [6, 6.07) is 4.46. The molecule has 0 spiro atoms. The van der Waals surface area contributed by atoms with E-state index in [2.05, 4.69) is 55.7 Å². The molecule has 3 nitrogen and oxygen atoms in total. The molecule has 2 aromatic heterocycles. The van der Waals surface area contributed by atoms with Gasteiger partial charge in [-0.3, -0.25) is 0 Å². The lowest BCUT2D eigenvalue weighted by atomic mass is 10.1. The summed E-state index contributed by atoms with van der Waals surface area (Å²) >= 11 is 11.0. The third-order valence-electron chi connectivity index (χ3n) is 2.49. The number of aromatic nitrogens is 2. The average Bonchev–Trinajstić information content (AvgIpc) is 2.87. The van der Waals surface area contributed by atoms with Gasteiger partial charge in [0.1, 0.15) is 5.82 Å². The standard InChI is InChI=1S/C12H13BrClN3S/c1-2-4-9(10-5-3-6-18-10)16-11-8(13)7-15-12(14)17-11/h3,5-7,9H,2,4H2,1H3,(H,15,16,17). The molecule has 0 saturated heterocycles. The summed E-state index contributed by atoms with van der Waals surface area (Å²) in [6.07, 6.45) is 3.82. The molecule has 1 unspecified atom stereocenters. The fraction of sp³-hybridized carbons (Fsp3) is 0.333. The quantitative estimate of drug-likeness (QED) is 0.782. The van der Waals surface area contributed by atoms with Gasteiger partial charge in [-0.1, -0.05) is 19.4 Å². The van der Waals surface area contributed by atoms with Crippen molar-refractivity contribution in [3.05, 3.63) is 38.3 Å². The summed E-state index contributed by atoms with van der Waals surface area (Å²) in [5.74, 6) is 0.738. The van der Waals surface area contributed by atoms with Crippen LogP contribution in [0.5, 0.6) is 0 Å². The molecule has 0 amide bonds. The van der Waals surface area contributed by atoms with Crippen LogP contribution in [0.3, 0.4) is 0 Å². The predicted molar refractivity (Wildman–Crippen MR) is 80.3 cm³/mol. The van der Waals surface area contributed by atoms with E-state index in [4.69, 9.17) is 11.6 Å². The number of nitrogens with zero attached hydrogens (tertiary/aromatic N) is 2. The smallest absolute Gasteiger partial charge is 0.224 e. The van der Waals surface area contributed by atoms with Gasteiger partial charge in [-0.05, 0) is 45.4 Å². The maximum atomic E-state index is 5.82. The molecule has 2 aromatic rings. The number of nitrogens with one attached hydrogen (secondary N) is 1. The summed E-state index contributed by atoms with van der Waals surface area (Å²) in [4.78, 5) is 9.44. The van der Waals surface area contributed by atoms with Gasteiger partial charge in [0.2, 0.25) is 5.28 Å². The zero-order chi connectivity index (χ0) is 13.0. The van der Waals surface area contributed by atoms with Crippen LogP contribution in [0.4, 0.5) is 5.82 Å². The third-order valence-corrected chi connectivity index (χ3v) is 4.24. The van der Waals surface area contributed by atoms with Gasteiger partial charge >= 0.3 is 0 Å². The Labute approximate surface area is 124 Å². The topological polar surface area (TPSA) is 37.8 Å². The van der Waals surface area contributed by atoms with Crippen LogP contribution in [-0.4, -0.2) is 9.97 Å². The van der Waals surface area contributed by atoms with Gasteiger partial charge in [0.15, 0.2) is 0 Å². The number of hydrogen-bond donors (Lipinski definition) is 1. The van der Waals surface area contributed by atoms with Crippen molar-refractivity contribution in [2.24, 2.45) is 0 Å². The minimum Gasteiger partial charge on any atom is -0.361 e. The summed E-state index contributed by atoms with van der Waals surface area (Å²) in [5.41, 5.74) is 0. The molecule has 0 bridgehead atoms. The molecule has 2 heterocycles. The van der Waals surface area contributed by atoms with E-state index >= 15 is 0 Å². The first-order valence-electron chi connectivity index (χ1n) is 5.68. The second kappa shape index (κ2) is 6.50. The summed E-state index contributed by atoms with van der Waals surface area (Å²) in [7, 11) is 0. The fourth-order valence-corrected chi connectivity index (χ4v) is 2.93. The Morgan fingerprint density at radius 1 is 1.56 bits per heavy atom. The van der Waals surface area contributed by atoms with Gasteiger partial charge in [0.25, 0.3) is 0 Å². The first kappa shape index (κ1) is 13.8. The molecule has 18 heavy (non-hydrogen) atoms. The minimum absolute atomic E-state index is 0.252. The Balaban J connectivity index is 2.21. The molecule has 2 rings (SSSR count). The highest BCUT2D eigenvalue weighted by molar-refractivity contribution is 9.10. The van der Waals surface area contributed by atoms with E-state index in [0.29, 0.717) is 0 Å². The highest BCUT2D eigenvalue weighted by atomic mass is 79.9. The van der Waals surface area contributed by atoms with E-state index in [1.165, 1.54) is 4.88 Å². The molecule has 0 aromatic carbocycles. The van der Waals surface area contributed by atoms with Crippen LogP contribution in [0, 0.1) is 0 Å². The van der Waals surface area contributed by atoms with Crippen LogP contribution < -0.4 is 5.32 Å². The van der Waals surface area contributed by atoms with Crippen LogP contribution in [0.15, 0.2) is 28.2 Å². The number of anilines is 1. The zero-order valence-corrected chi connectivity index (χ0v) is 13.0. The van der Waals surface area contributed by atoms with Crippen molar-refractivity contribution in [1.29, 1.82) is 0 Å². The van der Waals surface area contributed by atoms with Crippen LogP contribution in [0.2, 0.25) is 5.28 Å². The van der Waals surface area contributed by atoms with Crippen LogP contribution in [0.25, 0.3) is 0 Å². The second-order valence-electron chi connectivity index (χ2n) is 3.84. The van der Waals surface area contributed by atoms with Crippen molar-refractivity contribution in [1.82, 2.24) is 9.97 Å². The number of halogens is 2. The van der Waals surface area contributed by atoms with Crippen LogP contribution >= 0.6 is 38.9 Å². The maximum absolute atomic E-state index is 5.82. The summed E-state index contributed by atoms with van der Waals surface area (Å²) in [6.45, 7) is 2.17. The van der Waals surface area contributed by atoms with Gasteiger partial charge in [-0.2, -0.15) is 4.98 Å². The number of rotatable bonds is 5. The Bertz CT molecular complexity index is 504. The Hall–Kier alpha value is -0.650.